The maximum absolute atomic E-state index is 10.7. The van der Waals surface area contributed by atoms with E-state index in [-0.39, 0.29) is 5.82 Å². The average molecular weight is 276 g/mol. The van der Waals surface area contributed by atoms with E-state index in [0.29, 0.717) is 12.0 Å². The van der Waals surface area contributed by atoms with Gasteiger partial charge in [-0.1, -0.05) is 0 Å². The second kappa shape index (κ2) is 5.75. The predicted molar refractivity (Wildman–Crippen MR) is 76.9 cm³/mol. The van der Waals surface area contributed by atoms with Crippen LogP contribution in [0.3, 0.4) is 0 Å². The minimum absolute atomic E-state index is 0.0774. The van der Waals surface area contributed by atoms with Crippen molar-refractivity contribution in [2.75, 3.05) is 24.5 Å². The largest absolute Gasteiger partial charge is 0.365 e. The summed E-state index contributed by atoms with van der Waals surface area (Å²) in [6.45, 7) is 3.25. The summed E-state index contributed by atoms with van der Waals surface area (Å²) >= 11 is 0. The van der Waals surface area contributed by atoms with Gasteiger partial charge < -0.3 is 20.3 Å². The molecule has 1 aliphatic heterocycles. The molecule has 6 heteroatoms. The molecule has 0 bridgehead atoms. The van der Waals surface area contributed by atoms with Gasteiger partial charge in [0, 0.05) is 18.7 Å². The topological polar surface area (TPSA) is 71.3 Å². The number of hydrogen-bond donors (Lipinski definition) is 1. The van der Waals surface area contributed by atoms with Crippen LogP contribution in [0.4, 0.5) is 11.5 Å². The van der Waals surface area contributed by atoms with Crippen LogP contribution in [0.25, 0.3) is 0 Å². The van der Waals surface area contributed by atoms with Crippen LogP contribution in [0.15, 0.2) is 18.3 Å². The fourth-order valence-electron chi connectivity index (χ4n) is 2.85. The molecule has 0 radical (unpaired) electrons. The Morgan fingerprint density at radius 2 is 2.05 bits per heavy atom. The average Bonchev–Trinajstić information content (AvgIpc) is 3.30. The molecule has 1 aliphatic carbocycles. The third kappa shape index (κ3) is 3.07. The fraction of sp³-hybridized carbons (Fsp3) is 0.643. The normalized spacial score (nSPS) is 19.8. The number of piperidine rings is 1. The Morgan fingerprint density at radius 1 is 1.30 bits per heavy atom. The van der Waals surface area contributed by atoms with E-state index >= 15 is 0 Å². The number of hydrogen-bond acceptors (Lipinski definition) is 5. The van der Waals surface area contributed by atoms with Gasteiger partial charge in [0.05, 0.1) is 5.69 Å². The molecule has 1 saturated carbocycles. The van der Waals surface area contributed by atoms with Gasteiger partial charge in [-0.25, -0.2) is 0 Å². The number of nitrogens with zero attached hydrogens (tertiary/aromatic N) is 3. The van der Waals surface area contributed by atoms with Gasteiger partial charge in [-0.05, 0) is 60.7 Å². The predicted octanol–water partition coefficient (Wildman–Crippen LogP) is 1.96. The van der Waals surface area contributed by atoms with Crippen LogP contribution in [0.2, 0.25) is 0 Å². The molecule has 2 heterocycles. The molecule has 108 valence electrons. The number of anilines is 1. The van der Waals surface area contributed by atoms with E-state index < -0.39 is 4.92 Å². The van der Waals surface area contributed by atoms with Crippen molar-refractivity contribution in [3.05, 3.63) is 28.4 Å². The molecule has 1 aromatic heterocycles. The van der Waals surface area contributed by atoms with Crippen molar-refractivity contribution in [1.29, 1.82) is 0 Å². The maximum Gasteiger partial charge on any atom is 0.363 e. The molecule has 0 spiro atoms. The van der Waals surface area contributed by atoms with Crippen LogP contribution < -0.4 is 10.2 Å². The van der Waals surface area contributed by atoms with Gasteiger partial charge in [-0.15, -0.1) is 0 Å². The lowest BCUT2D eigenvalue weighted by Crippen LogP contribution is -2.37. The third-order valence-electron chi connectivity index (χ3n) is 4.15. The number of nitro groups is 1. The fourth-order valence-corrected chi connectivity index (χ4v) is 2.85. The highest BCUT2D eigenvalue weighted by Crippen LogP contribution is 2.33. The van der Waals surface area contributed by atoms with Crippen LogP contribution in [0, 0.1) is 16.0 Å². The highest BCUT2D eigenvalue weighted by Gasteiger charge is 2.32. The highest BCUT2D eigenvalue weighted by atomic mass is 16.6. The Bertz CT molecular complexity index is 467. The second-order valence-corrected chi connectivity index (χ2v) is 5.71. The Hall–Kier alpha value is -1.69. The van der Waals surface area contributed by atoms with Gasteiger partial charge in [-0.2, -0.15) is 0 Å². The molecule has 0 aromatic carbocycles. The highest BCUT2D eigenvalue weighted by molar-refractivity contribution is 5.48. The minimum atomic E-state index is -0.446. The molecule has 2 aliphatic rings. The quantitative estimate of drug-likeness (QED) is 0.657. The summed E-state index contributed by atoms with van der Waals surface area (Å²) in [4.78, 5) is 16.6. The van der Waals surface area contributed by atoms with Crippen molar-refractivity contribution < 1.29 is 4.92 Å². The molecule has 2 fully saturated rings. The van der Waals surface area contributed by atoms with E-state index in [4.69, 9.17) is 0 Å². The zero-order chi connectivity index (χ0) is 13.9. The van der Waals surface area contributed by atoms with Crippen molar-refractivity contribution in [3.8, 4) is 0 Å². The van der Waals surface area contributed by atoms with Crippen LogP contribution in [-0.2, 0) is 0 Å². The Kier molecular flexibility index (Phi) is 3.82. The van der Waals surface area contributed by atoms with Crippen LogP contribution in [-0.4, -0.2) is 35.6 Å². The van der Waals surface area contributed by atoms with Gasteiger partial charge in [0.2, 0.25) is 0 Å². The summed E-state index contributed by atoms with van der Waals surface area (Å²) < 4.78 is 0. The summed E-state index contributed by atoms with van der Waals surface area (Å²) in [6, 6.07) is 3.95. The lowest BCUT2D eigenvalue weighted by molar-refractivity contribution is -0.389. The molecule has 3 rings (SSSR count). The summed E-state index contributed by atoms with van der Waals surface area (Å²) in [5, 5.41) is 14.1. The molecular weight excluding hydrogens is 256 g/mol. The first kappa shape index (κ1) is 13.3. The van der Waals surface area contributed by atoms with E-state index in [2.05, 4.69) is 15.2 Å². The van der Waals surface area contributed by atoms with Crippen molar-refractivity contribution in [2.24, 2.45) is 5.92 Å². The third-order valence-corrected chi connectivity index (χ3v) is 4.15. The Balaban J connectivity index is 1.71. The molecule has 20 heavy (non-hydrogen) atoms. The molecule has 1 saturated heterocycles. The summed E-state index contributed by atoms with van der Waals surface area (Å²) in [7, 11) is 0. The first-order valence-electron chi connectivity index (χ1n) is 7.32. The number of pyridine rings is 1. The second-order valence-electron chi connectivity index (χ2n) is 5.71. The molecular formula is C14H20N4O2. The molecule has 0 atom stereocenters. The zero-order valence-corrected chi connectivity index (χ0v) is 11.5. The van der Waals surface area contributed by atoms with Gasteiger partial charge in [0.15, 0.2) is 6.20 Å². The van der Waals surface area contributed by atoms with Crippen molar-refractivity contribution in [2.45, 2.75) is 31.7 Å². The van der Waals surface area contributed by atoms with E-state index in [1.165, 1.54) is 31.7 Å². The SMILES string of the molecule is O=[N+]([O-])c1ccc(N(CC2CCNCC2)C2CC2)cn1. The van der Waals surface area contributed by atoms with Crippen LogP contribution in [0.1, 0.15) is 25.7 Å². The zero-order valence-electron chi connectivity index (χ0n) is 11.5. The monoisotopic (exact) mass is 276 g/mol. The lowest BCUT2D eigenvalue weighted by Gasteiger charge is -2.31. The molecule has 0 unspecified atom stereocenters. The first-order chi connectivity index (χ1) is 9.74. The molecule has 0 amide bonds. The summed E-state index contributed by atoms with van der Waals surface area (Å²) in [6.07, 6.45) is 6.52. The summed E-state index contributed by atoms with van der Waals surface area (Å²) in [5.41, 5.74) is 1.02. The minimum Gasteiger partial charge on any atom is -0.365 e. The van der Waals surface area contributed by atoms with Crippen molar-refractivity contribution in [1.82, 2.24) is 10.3 Å². The smallest absolute Gasteiger partial charge is 0.363 e. The summed E-state index contributed by atoms with van der Waals surface area (Å²) in [5.74, 6) is 0.637. The molecule has 1 N–H and O–H groups in total. The van der Waals surface area contributed by atoms with Gasteiger partial charge in [0.25, 0.3) is 0 Å². The maximum atomic E-state index is 10.7. The van der Waals surface area contributed by atoms with Gasteiger partial charge in [0.1, 0.15) is 0 Å². The van der Waals surface area contributed by atoms with Crippen LogP contribution >= 0.6 is 0 Å². The Labute approximate surface area is 118 Å². The number of rotatable bonds is 5. The first-order valence-corrected chi connectivity index (χ1v) is 7.32. The van der Waals surface area contributed by atoms with Crippen molar-refractivity contribution >= 4 is 11.5 Å². The Morgan fingerprint density at radius 3 is 2.60 bits per heavy atom. The number of nitrogens with one attached hydrogen (secondary N) is 1. The molecule has 6 nitrogen and oxygen atoms in total. The van der Waals surface area contributed by atoms with E-state index in [9.17, 15) is 10.1 Å². The standard InChI is InChI=1S/C14H20N4O2/c19-18(20)14-4-3-13(9-16-14)17(12-1-2-12)10-11-5-7-15-8-6-11/h3-4,9,11-12,15H,1-2,5-8,10H2. The van der Waals surface area contributed by atoms with Gasteiger partial charge >= 0.3 is 5.82 Å². The van der Waals surface area contributed by atoms with E-state index in [1.54, 1.807) is 6.20 Å². The lowest BCUT2D eigenvalue weighted by atomic mass is 9.97. The number of aromatic nitrogens is 1. The van der Waals surface area contributed by atoms with Crippen molar-refractivity contribution in [3.63, 3.8) is 0 Å². The van der Waals surface area contributed by atoms with E-state index in [1.807, 2.05) is 6.07 Å². The van der Waals surface area contributed by atoms with Crippen LogP contribution in [0.5, 0.6) is 0 Å². The van der Waals surface area contributed by atoms with Gasteiger partial charge in [-0.3, -0.25) is 0 Å². The van der Waals surface area contributed by atoms with E-state index in [0.717, 1.165) is 25.3 Å². The molecule has 1 aromatic rings.